The summed E-state index contributed by atoms with van der Waals surface area (Å²) in [4.78, 5) is 14.1. The number of furan rings is 1. The van der Waals surface area contributed by atoms with E-state index in [0.717, 1.165) is 27.7 Å². The van der Waals surface area contributed by atoms with Gasteiger partial charge in [0.2, 0.25) is 0 Å². The molecule has 2 aromatic rings. The number of amides is 1. The number of nitrogens with one attached hydrogen (secondary N) is 2. The second-order valence-corrected chi connectivity index (χ2v) is 7.02. The fraction of sp³-hybridized carbons (Fsp3) is 0.438. The van der Waals surface area contributed by atoms with Gasteiger partial charge in [0.1, 0.15) is 11.5 Å². The summed E-state index contributed by atoms with van der Waals surface area (Å²) < 4.78 is 5.61. The normalized spacial score (nSPS) is 27.2. The number of carbonyl (C=O) groups is 1. The summed E-state index contributed by atoms with van der Waals surface area (Å²) in [6.07, 6.45) is 3.49. The summed E-state index contributed by atoms with van der Waals surface area (Å²) in [5.74, 6) is 1.75. The van der Waals surface area contributed by atoms with Crippen molar-refractivity contribution in [1.29, 1.82) is 0 Å². The van der Waals surface area contributed by atoms with E-state index in [1.54, 1.807) is 0 Å². The first-order valence-electron chi connectivity index (χ1n) is 7.42. The number of thiophene rings is 1. The molecule has 2 aliphatic rings. The Balaban J connectivity index is 1.46. The summed E-state index contributed by atoms with van der Waals surface area (Å²) in [5.41, 5.74) is 0. The molecule has 0 aliphatic carbocycles. The molecule has 21 heavy (non-hydrogen) atoms. The Morgan fingerprint density at radius 2 is 2.24 bits per heavy atom. The van der Waals surface area contributed by atoms with Crippen molar-refractivity contribution in [3.63, 3.8) is 0 Å². The van der Waals surface area contributed by atoms with Crippen LogP contribution in [0.3, 0.4) is 0 Å². The van der Waals surface area contributed by atoms with Crippen LogP contribution in [-0.2, 0) is 0 Å². The molecule has 2 saturated heterocycles. The Morgan fingerprint density at radius 3 is 2.90 bits per heavy atom. The molecule has 2 N–H and O–H groups in total. The molecule has 5 heteroatoms. The zero-order valence-electron chi connectivity index (χ0n) is 11.9. The fourth-order valence-corrected chi connectivity index (χ4v) is 4.25. The Morgan fingerprint density at radius 1 is 1.33 bits per heavy atom. The van der Waals surface area contributed by atoms with E-state index in [0.29, 0.717) is 12.1 Å². The van der Waals surface area contributed by atoms with Crippen molar-refractivity contribution in [2.45, 2.75) is 44.3 Å². The number of hydrogen-bond acceptors (Lipinski definition) is 4. The Kier molecular flexibility index (Phi) is 3.12. The van der Waals surface area contributed by atoms with Crippen LogP contribution in [-0.4, -0.2) is 24.0 Å². The van der Waals surface area contributed by atoms with Crippen LogP contribution in [0, 0.1) is 6.92 Å². The first-order valence-corrected chi connectivity index (χ1v) is 8.24. The van der Waals surface area contributed by atoms with Crippen LogP contribution >= 0.6 is 11.3 Å². The molecule has 110 valence electrons. The standard InChI is InChI=1S/C16H18N2O2S/c1-9-2-5-13(20-9)14-6-7-15(21-14)16(19)18-12-8-10-3-4-11(12)17-10/h2,5-7,10-12,17H,3-4,8H2,1H3,(H,18,19)/t10-,11+,12-/m1/s1. The molecule has 2 aliphatic heterocycles. The predicted octanol–water partition coefficient (Wildman–Crippen LogP) is 2.94. The summed E-state index contributed by atoms with van der Waals surface area (Å²) in [7, 11) is 0. The van der Waals surface area contributed by atoms with E-state index in [2.05, 4.69) is 10.6 Å². The third-order valence-corrected chi connectivity index (χ3v) is 5.53. The van der Waals surface area contributed by atoms with E-state index in [1.807, 2.05) is 31.2 Å². The van der Waals surface area contributed by atoms with Gasteiger partial charge >= 0.3 is 0 Å². The van der Waals surface area contributed by atoms with E-state index >= 15 is 0 Å². The van der Waals surface area contributed by atoms with E-state index < -0.39 is 0 Å². The molecule has 3 atom stereocenters. The highest BCUT2D eigenvalue weighted by Gasteiger charge is 2.39. The molecule has 0 unspecified atom stereocenters. The van der Waals surface area contributed by atoms with Gasteiger partial charge in [0, 0.05) is 18.1 Å². The molecule has 0 radical (unpaired) electrons. The molecule has 0 spiro atoms. The maximum absolute atomic E-state index is 12.4. The van der Waals surface area contributed by atoms with Crippen molar-refractivity contribution in [2.75, 3.05) is 0 Å². The summed E-state index contributed by atoms with van der Waals surface area (Å²) in [6, 6.07) is 9.08. The van der Waals surface area contributed by atoms with Gasteiger partial charge in [-0.2, -0.15) is 0 Å². The van der Waals surface area contributed by atoms with E-state index in [1.165, 1.54) is 24.2 Å². The van der Waals surface area contributed by atoms with Crippen LogP contribution in [0.2, 0.25) is 0 Å². The quantitative estimate of drug-likeness (QED) is 0.916. The van der Waals surface area contributed by atoms with Gasteiger partial charge in [0.05, 0.1) is 9.75 Å². The first-order chi connectivity index (χ1) is 10.2. The van der Waals surface area contributed by atoms with Crippen molar-refractivity contribution in [2.24, 2.45) is 0 Å². The molecule has 2 aromatic heterocycles. The summed E-state index contributed by atoms with van der Waals surface area (Å²) >= 11 is 1.48. The van der Waals surface area contributed by atoms with Gasteiger partial charge in [-0.3, -0.25) is 4.79 Å². The highest BCUT2D eigenvalue weighted by atomic mass is 32.1. The fourth-order valence-electron chi connectivity index (χ4n) is 3.38. The molecule has 4 nitrogen and oxygen atoms in total. The van der Waals surface area contributed by atoms with Gasteiger partial charge in [-0.05, 0) is 50.5 Å². The maximum Gasteiger partial charge on any atom is 0.261 e. The molecule has 4 rings (SSSR count). The highest BCUT2D eigenvalue weighted by molar-refractivity contribution is 7.17. The van der Waals surface area contributed by atoms with Crippen LogP contribution in [0.4, 0.5) is 0 Å². The van der Waals surface area contributed by atoms with Crippen LogP contribution in [0.1, 0.15) is 34.7 Å². The second-order valence-electron chi connectivity index (χ2n) is 5.94. The molecule has 4 heterocycles. The zero-order valence-corrected chi connectivity index (χ0v) is 12.7. The predicted molar refractivity (Wildman–Crippen MR) is 82.6 cm³/mol. The lowest BCUT2D eigenvalue weighted by atomic mass is 9.95. The lowest BCUT2D eigenvalue weighted by Crippen LogP contribution is -2.42. The van der Waals surface area contributed by atoms with Crippen molar-refractivity contribution < 1.29 is 9.21 Å². The minimum absolute atomic E-state index is 0.0360. The van der Waals surface area contributed by atoms with Crippen LogP contribution in [0.15, 0.2) is 28.7 Å². The topological polar surface area (TPSA) is 54.3 Å². The third kappa shape index (κ3) is 2.40. The first kappa shape index (κ1) is 13.1. The lowest BCUT2D eigenvalue weighted by Gasteiger charge is -2.20. The van der Waals surface area contributed by atoms with Crippen molar-refractivity contribution in [3.05, 3.63) is 34.9 Å². The van der Waals surface area contributed by atoms with E-state index in [9.17, 15) is 4.79 Å². The molecule has 1 amide bonds. The summed E-state index contributed by atoms with van der Waals surface area (Å²) in [5, 5.41) is 6.72. The average Bonchev–Trinajstić information content (AvgIpc) is 3.22. The van der Waals surface area contributed by atoms with E-state index in [4.69, 9.17) is 4.42 Å². The van der Waals surface area contributed by atoms with E-state index in [-0.39, 0.29) is 11.9 Å². The Hall–Kier alpha value is -1.59. The second kappa shape index (κ2) is 5.00. The average molecular weight is 302 g/mol. The highest BCUT2D eigenvalue weighted by Crippen LogP contribution is 2.31. The van der Waals surface area contributed by atoms with Gasteiger partial charge in [0.25, 0.3) is 5.91 Å². The minimum Gasteiger partial charge on any atom is -0.461 e. The van der Waals surface area contributed by atoms with Crippen LogP contribution in [0.25, 0.3) is 10.6 Å². The van der Waals surface area contributed by atoms with Gasteiger partial charge in [-0.15, -0.1) is 11.3 Å². The molecule has 2 bridgehead atoms. The number of carbonyl (C=O) groups excluding carboxylic acids is 1. The summed E-state index contributed by atoms with van der Waals surface area (Å²) in [6.45, 7) is 1.92. The molecular weight excluding hydrogens is 284 g/mol. The largest absolute Gasteiger partial charge is 0.461 e. The molecular formula is C16H18N2O2S. The van der Waals surface area contributed by atoms with Gasteiger partial charge in [-0.25, -0.2) is 0 Å². The van der Waals surface area contributed by atoms with Crippen molar-refractivity contribution >= 4 is 17.2 Å². The van der Waals surface area contributed by atoms with Gasteiger partial charge in [-0.1, -0.05) is 0 Å². The van der Waals surface area contributed by atoms with Crippen molar-refractivity contribution in [1.82, 2.24) is 10.6 Å². The number of rotatable bonds is 3. The van der Waals surface area contributed by atoms with Crippen molar-refractivity contribution in [3.8, 4) is 10.6 Å². The Labute approximate surface area is 127 Å². The third-order valence-electron chi connectivity index (χ3n) is 4.43. The SMILES string of the molecule is Cc1ccc(-c2ccc(C(=O)N[C@@H]3C[C@H]4CC[C@@H]3N4)s2)o1. The number of fused-ring (bicyclic) bond motifs is 2. The lowest BCUT2D eigenvalue weighted by molar-refractivity contribution is 0.0935. The molecule has 0 saturated carbocycles. The van der Waals surface area contributed by atoms with Crippen LogP contribution in [0.5, 0.6) is 0 Å². The Bertz CT molecular complexity index is 675. The van der Waals surface area contributed by atoms with Gasteiger partial charge in [0.15, 0.2) is 0 Å². The number of hydrogen-bond donors (Lipinski definition) is 2. The van der Waals surface area contributed by atoms with Gasteiger partial charge < -0.3 is 15.1 Å². The smallest absolute Gasteiger partial charge is 0.261 e. The number of aryl methyl sites for hydroxylation is 1. The van der Waals surface area contributed by atoms with Crippen LogP contribution < -0.4 is 10.6 Å². The maximum atomic E-state index is 12.4. The monoisotopic (exact) mass is 302 g/mol. The molecule has 0 aromatic carbocycles. The zero-order chi connectivity index (χ0) is 14.4. The molecule has 2 fully saturated rings. The minimum atomic E-state index is 0.0360.